The van der Waals surface area contributed by atoms with Crippen molar-refractivity contribution in [1.82, 2.24) is 15.6 Å². The number of aliphatic hydroxyl groups is 2. The van der Waals surface area contributed by atoms with Gasteiger partial charge in [-0.1, -0.05) is 82.3 Å². The van der Waals surface area contributed by atoms with Crippen molar-refractivity contribution in [1.29, 1.82) is 0 Å². The summed E-state index contributed by atoms with van der Waals surface area (Å²) in [7, 11) is 6.41. The number of aromatic hydroxyl groups is 3. The van der Waals surface area contributed by atoms with Gasteiger partial charge in [0.15, 0.2) is 23.0 Å². The van der Waals surface area contributed by atoms with Crippen LogP contribution >= 0.6 is 21.6 Å². The molecule has 0 fully saturated rings. The average molecular weight is 892 g/mol. The number of hydrogen-bond donors (Lipinski definition) is 8. The Kier molecular flexibility index (Phi) is 15.3. The van der Waals surface area contributed by atoms with Crippen molar-refractivity contribution >= 4 is 38.1 Å². The lowest BCUT2D eigenvalue weighted by Gasteiger charge is -2.27. The Balaban J connectivity index is 1.23. The third kappa shape index (κ3) is 11.5. The molecule has 332 valence electrons. The first-order valence-corrected chi connectivity index (χ1v) is 23.7. The van der Waals surface area contributed by atoms with E-state index in [-0.39, 0.29) is 42.6 Å². The standard InChI is InChI=1S/C50H57N3O8S2/c1-50(59)28-53-30-61-49-43(27-62-63-29-50)36(12-14-45(49)56)22-41(37-18-32(25-51-2)19-39(54)21-37)47(58)24-46(57)38(17-31-15-16-52-26-31)20-35-11-13-44(55)48(60-3)42(35)23-34-9-6-8-33-7-4-5-10-40(33)34/h4-16,18-19,21,26,38,41,46,51-57,59H,17,20,22-25,27-30H2,1-3H3/t38-,41-,46-,50-/m1/s1. The highest BCUT2D eigenvalue weighted by molar-refractivity contribution is 8.76. The lowest BCUT2D eigenvalue weighted by molar-refractivity contribution is -0.123. The number of aromatic nitrogens is 1. The summed E-state index contributed by atoms with van der Waals surface area (Å²) in [6, 6.07) is 28.4. The number of aromatic amines is 1. The number of H-pyrrole nitrogens is 1. The summed E-state index contributed by atoms with van der Waals surface area (Å²) in [5.41, 5.74) is 5.71. The summed E-state index contributed by atoms with van der Waals surface area (Å²) in [6.07, 6.45) is 4.02. The van der Waals surface area contributed by atoms with Gasteiger partial charge in [0.1, 0.15) is 18.3 Å². The van der Waals surface area contributed by atoms with E-state index in [0.717, 1.165) is 49.7 Å². The minimum absolute atomic E-state index is 0.0241. The molecule has 1 aliphatic rings. The molecule has 1 aromatic heterocycles. The number of Topliss-reactive ketones (excluding diaryl/α,β-unsaturated/α-hetero) is 1. The van der Waals surface area contributed by atoms with E-state index in [2.05, 4.69) is 39.9 Å². The number of benzene rings is 5. The zero-order chi connectivity index (χ0) is 44.5. The summed E-state index contributed by atoms with van der Waals surface area (Å²) < 4.78 is 11.9. The van der Waals surface area contributed by atoms with E-state index in [9.17, 15) is 25.5 Å². The Bertz CT molecular complexity index is 2490. The van der Waals surface area contributed by atoms with Gasteiger partial charge in [-0.2, -0.15) is 0 Å². The van der Waals surface area contributed by atoms with Crippen molar-refractivity contribution in [3.8, 4) is 28.7 Å². The van der Waals surface area contributed by atoms with Crippen LogP contribution in [-0.4, -0.2) is 81.2 Å². The third-order valence-electron chi connectivity index (χ3n) is 11.8. The molecule has 1 aliphatic heterocycles. The lowest BCUT2D eigenvalue weighted by atomic mass is 9.80. The molecule has 0 saturated heterocycles. The average Bonchev–Trinajstić information content (AvgIpc) is 3.77. The SMILES string of the molecule is CNCc1cc(O)cc([C@@H](Cc2ccc(O)c3c2CSSC[C@](C)(O)CNCO3)C(=O)C[C@@H](O)[C@H](Cc2cc[nH]c2)Cc2ccc(O)c(OC)c2Cc2cccc3ccccc23)c1. The number of methoxy groups -OCH3 is 1. The molecule has 4 atom stereocenters. The van der Waals surface area contributed by atoms with Gasteiger partial charge in [-0.15, -0.1) is 0 Å². The maximum atomic E-state index is 15.0. The maximum absolute atomic E-state index is 15.0. The van der Waals surface area contributed by atoms with Crippen LogP contribution in [0.4, 0.5) is 0 Å². The molecule has 0 radical (unpaired) electrons. The predicted molar refractivity (Wildman–Crippen MR) is 252 cm³/mol. The molecule has 0 spiro atoms. The Morgan fingerprint density at radius 1 is 0.905 bits per heavy atom. The van der Waals surface area contributed by atoms with Crippen molar-refractivity contribution < 1.29 is 39.8 Å². The van der Waals surface area contributed by atoms with E-state index in [1.165, 1.54) is 21.6 Å². The number of ether oxygens (including phenoxy) is 2. The van der Waals surface area contributed by atoms with Crippen LogP contribution in [0.2, 0.25) is 0 Å². The molecule has 7 rings (SSSR count). The number of rotatable bonds is 16. The van der Waals surface area contributed by atoms with E-state index in [1.54, 1.807) is 38.3 Å². The zero-order valence-electron chi connectivity index (χ0n) is 35.9. The van der Waals surface area contributed by atoms with Gasteiger partial charge in [-0.3, -0.25) is 10.1 Å². The second-order valence-electron chi connectivity index (χ2n) is 16.7. The number of hydrogen-bond acceptors (Lipinski definition) is 12. The summed E-state index contributed by atoms with van der Waals surface area (Å²) in [4.78, 5) is 18.1. The second kappa shape index (κ2) is 21.0. The number of ketones is 1. The Morgan fingerprint density at radius 2 is 1.70 bits per heavy atom. The van der Waals surface area contributed by atoms with E-state index >= 15 is 4.79 Å². The van der Waals surface area contributed by atoms with E-state index in [0.29, 0.717) is 60.9 Å². The maximum Gasteiger partial charge on any atom is 0.167 e. The minimum atomic E-state index is -1.08. The van der Waals surface area contributed by atoms with Crippen molar-refractivity contribution in [2.24, 2.45) is 5.92 Å². The smallest absolute Gasteiger partial charge is 0.167 e. The van der Waals surface area contributed by atoms with Gasteiger partial charge in [-0.25, -0.2) is 0 Å². The number of carbonyl (C=O) groups is 1. The molecule has 63 heavy (non-hydrogen) atoms. The van der Waals surface area contributed by atoms with E-state index in [4.69, 9.17) is 9.47 Å². The van der Waals surface area contributed by atoms with Crippen molar-refractivity contribution in [3.05, 3.63) is 148 Å². The van der Waals surface area contributed by atoms with Gasteiger partial charge in [0.05, 0.1) is 18.8 Å². The van der Waals surface area contributed by atoms with Gasteiger partial charge in [0.25, 0.3) is 0 Å². The number of fused-ring (bicyclic) bond motifs is 2. The van der Waals surface area contributed by atoms with Crippen LogP contribution in [0.1, 0.15) is 63.8 Å². The molecule has 5 aromatic carbocycles. The number of aliphatic hydroxyl groups excluding tert-OH is 1. The summed E-state index contributed by atoms with van der Waals surface area (Å²) >= 11 is 0. The molecule has 11 nitrogen and oxygen atoms in total. The van der Waals surface area contributed by atoms with Gasteiger partial charge in [0, 0.05) is 66.9 Å². The van der Waals surface area contributed by atoms with Crippen LogP contribution in [0.15, 0.2) is 103 Å². The predicted octanol–water partition coefficient (Wildman–Crippen LogP) is 7.92. The first-order valence-electron chi connectivity index (χ1n) is 21.2. The molecule has 6 aromatic rings. The number of phenols is 3. The van der Waals surface area contributed by atoms with Crippen LogP contribution < -0.4 is 20.1 Å². The van der Waals surface area contributed by atoms with Crippen LogP contribution in [0.3, 0.4) is 0 Å². The molecule has 0 bridgehead atoms. The fourth-order valence-electron chi connectivity index (χ4n) is 8.61. The fourth-order valence-corrected chi connectivity index (χ4v) is 11.2. The van der Waals surface area contributed by atoms with Crippen LogP contribution in [0.5, 0.6) is 28.7 Å². The highest BCUT2D eigenvalue weighted by Gasteiger charge is 2.32. The van der Waals surface area contributed by atoms with Gasteiger partial charge < -0.3 is 45.3 Å². The summed E-state index contributed by atoms with van der Waals surface area (Å²) in [6.45, 7) is 2.59. The molecule has 0 unspecified atom stereocenters. The largest absolute Gasteiger partial charge is 0.508 e. The van der Waals surface area contributed by atoms with Gasteiger partial charge in [-0.05, 0) is 114 Å². The number of nitrogens with one attached hydrogen (secondary N) is 3. The number of carbonyl (C=O) groups excluding carboxylic acids is 1. The molecule has 13 heteroatoms. The van der Waals surface area contributed by atoms with E-state index < -0.39 is 23.5 Å². The Hall–Kier alpha value is -5.15. The van der Waals surface area contributed by atoms with Crippen LogP contribution in [0, 0.1) is 5.92 Å². The molecular formula is C50H57N3O8S2. The molecule has 0 aliphatic carbocycles. The second-order valence-corrected chi connectivity index (χ2v) is 19.2. The number of β-amino-alcohol motifs (C(OH)–C–C–N with tert-alkyl or cyclic N) is 1. The Labute approximate surface area is 376 Å². The van der Waals surface area contributed by atoms with Crippen molar-refractivity contribution in [2.75, 3.05) is 33.2 Å². The zero-order valence-corrected chi connectivity index (χ0v) is 37.5. The van der Waals surface area contributed by atoms with Crippen molar-refractivity contribution in [3.63, 3.8) is 0 Å². The molecule has 0 amide bonds. The van der Waals surface area contributed by atoms with Crippen LogP contribution in [0.25, 0.3) is 10.8 Å². The van der Waals surface area contributed by atoms with E-state index in [1.807, 2.05) is 61.9 Å². The minimum Gasteiger partial charge on any atom is -0.508 e. The molecular weight excluding hydrogens is 835 g/mol. The monoisotopic (exact) mass is 891 g/mol. The fraction of sp³-hybridized carbons (Fsp3) is 0.340. The topological polar surface area (TPSA) is 177 Å². The van der Waals surface area contributed by atoms with Crippen LogP contribution in [-0.2, 0) is 42.8 Å². The summed E-state index contributed by atoms with van der Waals surface area (Å²) in [5.74, 6) is 0.193. The van der Waals surface area contributed by atoms with Gasteiger partial charge >= 0.3 is 0 Å². The van der Waals surface area contributed by atoms with Gasteiger partial charge in [0.2, 0.25) is 0 Å². The quantitative estimate of drug-likeness (QED) is 0.0442. The Morgan fingerprint density at radius 3 is 2.49 bits per heavy atom. The number of phenolic OH excluding ortho intramolecular Hbond substituents is 3. The lowest BCUT2D eigenvalue weighted by Crippen LogP contribution is -2.41. The highest BCUT2D eigenvalue weighted by atomic mass is 33.1. The molecule has 0 saturated carbocycles. The first-order chi connectivity index (χ1) is 30.4. The normalized spacial score (nSPS) is 17.2. The third-order valence-corrected chi connectivity index (χ3v) is 14.3. The van der Waals surface area contributed by atoms with Crippen molar-refractivity contribution in [2.45, 2.75) is 68.9 Å². The molecule has 8 N–H and O–H groups in total. The molecule has 2 heterocycles. The summed E-state index contributed by atoms with van der Waals surface area (Å²) in [5, 5.41) is 64.7. The highest BCUT2D eigenvalue weighted by Crippen LogP contribution is 2.42. The first kappa shape index (κ1) is 45.9.